The SMILES string of the molecule is CC1CN=C(NCCCNS(C)(=O)=O)S1. The lowest BCUT2D eigenvalue weighted by atomic mass is 10.4. The highest BCUT2D eigenvalue weighted by Gasteiger charge is 2.13. The van der Waals surface area contributed by atoms with Crippen molar-refractivity contribution in [2.75, 3.05) is 25.9 Å². The van der Waals surface area contributed by atoms with Gasteiger partial charge in [0.2, 0.25) is 10.0 Å². The Labute approximate surface area is 95.2 Å². The molecule has 0 saturated heterocycles. The maximum absolute atomic E-state index is 10.7. The molecule has 1 rings (SSSR count). The largest absolute Gasteiger partial charge is 0.365 e. The van der Waals surface area contributed by atoms with Crippen LogP contribution in [0.2, 0.25) is 0 Å². The zero-order valence-corrected chi connectivity index (χ0v) is 10.6. The molecule has 1 aliphatic rings. The van der Waals surface area contributed by atoms with E-state index >= 15 is 0 Å². The third-order valence-electron chi connectivity index (χ3n) is 1.80. The smallest absolute Gasteiger partial charge is 0.208 e. The Balaban J connectivity index is 2.03. The lowest BCUT2D eigenvalue weighted by Crippen LogP contribution is -2.27. The second kappa shape index (κ2) is 5.72. The Morgan fingerprint density at radius 2 is 2.27 bits per heavy atom. The predicted octanol–water partition coefficient (Wildman–Crippen LogP) is 0.00660. The molecular formula is C8H17N3O2S2. The molecule has 1 atom stereocenters. The summed E-state index contributed by atoms with van der Waals surface area (Å²) in [4.78, 5) is 4.29. The highest BCUT2D eigenvalue weighted by molar-refractivity contribution is 8.14. The zero-order valence-electron chi connectivity index (χ0n) is 8.99. The van der Waals surface area contributed by atoms with Gasteiger partial charge in [-0.15, -0.1) is 0 Å². The predicted molar refractivity (Wildman–Crippen MR) is 64.8 cm³/mol. The summed E-state index contributed by atoms with van der Waals surface area (Å²) in [6.45, 7) is 4.23. The van der Waals surface area contributed by atoms with Crippen LogP contribution >= 0.6 is 11.8 Å². The van der Waals surface area contributed by atoms with Gasteiger partial charge in [-0.05, 0) is 6.42 Å². The Hall–Kier alpha value is -0.270. The third kappa shape index (κ3) is 6.01. The van der Waals surface area contributed by atoms with Crippen molar-refractivity contribution in [2.24, 2.45) is 4.99 Å². The first-order valence-electron chi connectivity index (χ1n) is 4.87. The average molecular weight is 251 g/mol. The number of amidine groups is 1. The first kappa shape index (κ1) is 12.8. The summed E-state index contributed by atoms with van der Waals surface area (Å²) in [7, 11) is -3.05. The quantitative estimate of drug-likeness (QED) is 0.675. The Kier molecular flexibility index (Phi) is 4.88. The lowest BCUT2D eigenvalue weighted by molar-refractivity contribution is 0.585. The third-order valence-corrected chi connectivity index (χ3v) is 3.58. The summed E-state index contributed by atoms with van der Waals surface area (Å²) in [5.41, 5.74) is 0. The van der Waals surface area contributed by atoms with Gasteiger partial charge in [0.05, 0.1) is 12.8 Å². The van der Waals surface area contributed by atoms with E-state index in [2.05, 4.69) is 22.0 Å². The molecule has 15 heavy (non-hydrogen) atoms. The number of hydrogen-bond acceptors (Lipinski definition) is 5. The van der Waals surface area contributed by atoms with E-state index in [-0.39, 0.29) is 0 Å². The van der Waals surface area contributed by atoms with Crippen LogP contribution in [0, 0.1) is 0 Å². The molecule has 0 aromatic rings. The summed E-state index contributed by atoms with van der Waals surface area (Å²) < 4.78 is 23.9. The van der Waals surface area contributed by atoms with Crippen molar-refractivity contribution in [2.45, 2.75) is 18.6 Å². The molecule has 0 fully saturated rings. The normalized spacial score (nSPS) is 21.5. The minimum atomic E-state index is -3.05. The van der Waals surface area contributed by atoms with E-state index in [1.807, 2.05) is 0 Å². The van der Waals surface area contributed by atoms with Crippen LogP contribution in [0.4, 0.5) is 0 Å². The molecular weight excluding hydrogens is 234 g/mol. The van der Waals surface area contributed by atoms with Gasteiger partial charge >= 0.3 is 0 Å². The van der Waals surface area contributed by atoms with Crippen LogP contribution in [-0.2, 0) is 10.0 Å². The molecule has 0 radical (unpaired) electrons. The highest BCUT2D eigenvalue weighted by atomic mass is 32.2. The maximum Gasteiger partial charge on any atom is 0.208 e. The van der Waals surface area contributed by atoms with E-state index in [4.69, 9.17) is 0 Å². The van der Waals surface area contributed by atoms with Crippen LogP contribution in [0.3, 0.4) is 0 Å². The second-order valence-electron chi connectivity index (χ2n) is 3.52. The molecule has 5 nitrogen and oxygen atoms in total. The number of thioether (sulfide) groups is 1. The molecule has 1 heterocycles. The van der Waals surface area contributed by atoms with Crippen LogP contribution in [-0.4, -0.2) is 44.7 Å². The molecule has 0 bridgehead atoms. The summed E-state index contributed by atoms with van der Waals surface area (Å²) in [5.74, 6) is 0. The fourth-order valence-corrected chi connectivity index (χ4v) is 2.50. The lowest BCUT2D eigenvalue weighted by Gasteiger charge is -2.05. The molecule has 88 valence electrons. The molecule has 0 aliphatic carbocycles. The van der Waals surface area contributed by atoms with Gasteiger partial charge in [-0.2, -0.15) is 0 Å². The zero-order chi connectivity index (χ0) is 11.3. The number of aliphatic imine (C=N–C) groups is 1. The van der Waals surface area contributed by atoms with E-state index in [0.717, 1.165) is 24.7 Å². The minimum Gasteiger partial charge on any atom is -0.365 e. The first-order chi connectivity index (χ1) is 6.97. The van der Waals surface area contributed by atoms with E-state index in [1.165, 1.54) is 6.26 Å². The maximum atomic E-state index is 10.7. The van der Waals surface area contributed by atoms with Crippen molar-refractivity contribution in [3.63, 3.8) is 0 Å². The first-order valence-corrected chi connectivity index (χ1v) is 7.64. The van der Waals surface area contributed by atoms with Crippen molar-refractivity contribution in [3.05, 3.63) is 0 Å². The summed E-state index contributed by atoms with van der Waals surface area (Å²) in [6.07, 6.45) is 1.93. The monoisotopic (exact) mass is 251 g/mol. The Morgan fingerprint density at radius 1 is 1.53 bits per heavy atom. The van der Waals surface area contributed by atoms with Gasteiger partial charge in [0.15, 0.2) is 5.17 Å². The van der Waals surface area contributed by atoms with Gasteiger partial charge in [-0.3, -0.25) is 4.99 Å². The number of hydrogen-bond donors (Lipinski definition) is 2. The highest BCUT2D eigenvalue weighted by Crippen LogP contribution is 2.18. The van der Waals surface area contributed by atoms with Crippen LogP contribution in [0.25, 0.3) is 0 Å². The van der Waals surface area contributed by atoms with Crippen molar-refractivity contribution in [1.29, 1.82) is 0 Å². The van der Waals surface area contributed by atoms with Gasteiger partial charge in [0.1, 0.15) is 0 Å². The van der Waals surface area contributed by atoms with E-state index in [0.29, 0.717) is 11.8 Å². The Bertz CT molecular complexity index is 327. The molecule has 7 heteroatoms. The number of nitrogens with zero attached hydrogens (tertiary/aromatic N) is 1. The van der Waals surface area contributed by atoms with E-state index < -0.39 is 10.0 Å². The second-order valence-corrected chi connectivity index (χ2v) is 6.78. The fraction of sp³-hybridized carbons (Fsp3) is 0.875. The van der Waals surface area contributed by atoms with E-state index in [1.54, 1.807) is 11.8 Å². The van der Waals surface area contributed by atoms with Crippen molar-refractivity contribution >= 4 is 27.0 Å². The van der Waals surface area contributed by atoms with Crippen molar-refractivity contribution in [3.8, 4) is 0 Å². The molecule has 0 aromatic heterocycles. The van der Waals surface area contributed by atoms with Crippen molar-refractivity contribution in [1.82, 2.24) is 10.0 Å². The van der Waals surface area contributed by atoms with Gasteiger partial charge in [0.25, 0.3) is 0 Å². The fourth-order valence-electron chi connectivity index (χ4n) is 1.12. The minimum absolute atomic E-state index is 0.472. The molecule has 0 aromatic carbocycles. The van der Waals surface area contributed by atoms with Gasteiger partial charge in [-0.25, -0.2) is 13.1 Å². The van der Waals surface area contributed by atoms with Gasteiger partial charge < -0.3 is 5.32 Å². The molecule has 1 unspecified atom stereocenters. The van der Waals surface area contributed by atoms with Gasteiger partial charge in [-0.1, -0.05) is 18.7 Å². The summed E-state index contributed by atoms with van der Waals surface area (Å²) in [6, 6.07) is 0. The summed E-state index contributed by atoms with van der Waals surface area (Å²) >= 11 is 1.73. The molecule has 0 amide bonds. The van der Waals surface area contributed by atoms with Crippen LogP contribution < -0.4 is 10.0 Å². The number of rotatable bonds is 5. The number of nitrogens with one attached hydrogen (secondary N) is 2. The average Bonchev–Trinajstić information content (AvgIpc) is 2.49. The van der Waals surface area contributed by atoms with Crippen LogP contribution in [0.1, 0.15) is 13.3 Å². The molecule has 0 spiro atoms. The van der Waals surface area contributed by atoms with Gasteiger partial charge in [0, 0.05) is 18.3 Å². The summed E-state index contributed by atoms with van der Waals surface area (Å²) in [5, 5.41) is 4.71. The Morgan fingerprint density at radius 3 is 2.80 bits per heavy atom. The molecule has 2 N–H and O–H groups in total. The molecule has 1 aliphatic heterocycles. The van der Waals surface area contributed by atoms with Crippen LogP contribution in [0.15, 0.2) is 4.99 Å². The molecule has 0 saturated carbocycles. The number of sulfonamides is 1. The van der Waals surface area contributed by atoms with Crippen LogP contribution in [0.5, 0.6) is 0 Å². The van der Waals surface area contributed by atoms with E-state index in [9.17, 15) is 8.42 Å². The van der Waals surface area contributed by atoms with Crippen molar-refractivity contribution < 1.29 is 8.42 Å². The topological polar surface area (TPSA) is 70.6 Å². The standard InChI is InChI=1S/C8H17N3O2S2/c1-7-6-10-8(14-7)9-4-3-5-11-15(2,12)13/h7,11H,3-6H2,1-2H3,(H,9,10).